The van der Waals surface area contributed by atoms with Crippen LogP contribution >= 0.6 is 28.3 Å². The van der Waals surface area contributed by atoms with Gasteiger partial charge >= 0.3 is 6.18 Å². The summed E-state index contributed by atoms with van der Waals surface area (Å²) in [4.78, 5) is -0.371. The van der Waals surface area contributed by atoms with Crippen LogP contribution in [0.25, 0.3) is 0 Å². The van der Waals surface area contributed by atoms with Crippen LogP contribution in [0.4, 0.5) is 13.2 Å². The molecule has 4 nitrogen and oxygen atoms in total. The summed E-state index contributed by atoms with van der Waals surface area (Å²) in [6.45, 7) is 0.428. The molecule has 0 spiro atoms. The zero-order valence-electron chi connectivity index (χ0n) is 11.3. The molecule has 1 heterocycles. The van der Waals surface area contributed by atoms with Crippen LogP contribution in [0, 0.1) is 0 Å². The van der Waals surface area contributed by atoms with Gasteiger partial charge in [-0.15, -0.1) is 12.4 Å². The van der Waals surface area contributed by atoms with Gasteiger partial charge in [0.05, 0.1) is 10.5 Å². The summed E-state index contributed by atoms with van der Waals surface area (Å²) in [6.07, 6.45) is -3.33. The molecule has 2 rings (SSSR count). The molecular weight excluding hydrogens is 409 g/mol. The van der Waals surface area contributed by atoms with Gasteiger partial charge in [0.2, 0.25) is 10.0 Å². The van der Waals surface area contributed by atoms with E-state index in [4.69, 9.17) is 5.73 Å². The maximum Gasteiger partial charge on any atom is 0.416 e. The molecule has 1 saturated heterocycles. The maximum absolute atomic E-state index is 12.8. The van der Waals surface area contributed by atoms with Crippen molar-refractivity contribution in [3.05, 3.63) is 28.2 Å². The molecule has 2 N–H and O–H groups in total. The number of halogens is 5. The third-order valence-corrected chi connectivity index (χ3v) is 5.79. The fraction of sp³-hybridized carbons (Fsp3) is 0.500. The van der Waals surface area contributed by atoms with Gasteiger partial charge in [-0.1, -0.05) is 15.9 Å². The molecular formula is C12H15BrClF3N2O2S. The summed E-state index contributed by atoms with van der Waals surface area (Å²) in [7, 11) is -3.98. The Bertz CT molecular complexity index is 640. The molecule has 10 heteroatoms. The molecule has 0 saturated carbocycles. The topological polar surface area (TPSA) is 63.4 Å². The SMILES string of the molecule is Cl.NCC1CCCN1S(=O)(=O)c1cc(Br)cc(C(F)(F)F)c1. The third-order valence-electron chi connectivity index (χ3n) is 3.40. The van der Waals surface area contributed by atoms with E-state index in [-0.39, 0.29) is 40.9 Å². The first-order chi connectivity index (χ1) is 9.66. The standard InChI is InChI=1S/C12H14BrF3N2O2S.ClH/c13-9-4-8(12(14,15)16)5-11(6-9)21(19,20)18-3-1-2-10(18)7-17;/h4-6,10H,1-3,7,17H2;1H. The lowest BCUT2D eigenvalue weighted by atomic mass is 10.2. The minimum Gasteiger partial charge on any atom is -0.329 e. The summed E-state index contributed by atoms with van der Waals surface area (Å²) in [5.74, 6) is 0. The van der Waals surface area contributed by atoms with E-state index in [2.05, 4.69) is 15.9 Å². The van der Waals surface area contributed by atoms with Crippen molar-refractivity contribution < 1.29 is 21.6 Å². The lowest BCUT2D eigenvalue weighted by molar-refractivity contribution is -0.137. The molecule has 0 radical (unpaired) electrons. The minimum atomic E-state index is -4.60. The third kappa shape index (κ3) is 3.94. The highest BCUT2D eigenvalue weighted by Gasteiger charge is 2.37. The van der Waals surface area contributed by atoms with Crippen molar-refractivity contribution in [2.24, 2.45) is 5.73 Å². The molecule has 0 bridgehead atoms. The highest BCUT2D eigenvalue weighted by molar-refractivity contribution is 9.10. The normalized spacial score (nSPS) is 20.0. The Kier molecular flexibility index (Phi) is 6.30. The molecule has 0 amide bonds. The molecule has 0 aliphatic carbocycles. The van der Waals surface area contributed by atoms with Crippen LogP contribution in [-0.2, 0) is 16.2 Å². The number of alkyl halides is 3. The molecule has 1 atom stereocenters. The van der Waals surface area contributed by atoms with Crippen molar-refractivity contribution >= 4 is 38.4 Å². The zero-order valence-corrected chi connectivity index (χ0v) is 14.5. The van der Waals surface area contributed by atoms with Crippen LogP contribution in [-0.4, -0.2) is 31.9 Å². The molecule has 1 aromatic rings. The van der Waals surface area contributed by atoms with Gasteiger partial charge in [0.1, 0.15) is 0 Å². The first-order valence-corrected chi connectivity index (χ1v) is 8.49. The predicted molar refractivity (Wildman–Crippen MR) is 82.4 cm³/mol. The molecule has 0 aromatic heterocycles. The van der Waals surface area contributed by atoms with E-state index >= 15 is 0 Å². The second-order valence-electron chi connectivity index (χ2n) is 4.82. The number of hydrogen-bond acceptors (Lipinski definition) is 3. The highest BCUT2D eigenvalue weighted by atomic mass is 79.9. The van der Waals surface area contributed by atoms with E-state index < -0.39 is 21.8 Å². The number of rotatable bonds is 3. The quantitative estimate of drug-likeness (QED) is 0.813. The van der Waals surface area contributed by atoms with Crippen molar-refractivity contribution in [1.29, 1.82) is 0 Å². The van der Waals surface area contributed by atoms with E-state index in [0.29, 0.717) is 18.9 Å². The van der Waals surface area contributed by atoms with Crippen LogP contribution in [0.3, 0.4) is 0 Å². The van der Waals surface area contributed by atoms with Crippen LogP contribution in [0.15, 0.2) is 27.6 Å². The van der Waals surface area contributed by atoms with Gasteiger partial charge in [-0.25, -0.2) is 8.42 Å². The van der Waals surface area contributed by atoms with Gasteiger partial charge in [-0.3, -0.25) is 0 Å². The zero-order chi connectivity index (χ0) is 15.8. The molecule has 1 aliphatic rings. The Morgan fingerprint density at radius 2 is 1.95 bits per heavy atom. The van der Waals surface area contributed by atoms with Gasteiger partial charge in [0.25, 0.3) is 0 Å². The Labute approximate surface area is 141 Å². The fourth-order valence-corrected chi connectivity index (χ4v) is 4.79. The number of nitrogens with zero attached hydrogens (tertiary/aromatic N) is 1. The van der Waals surface area contributed by atoms with Gasteiger partial charge in [0, 0.05) is 23.6 Å². The Balaban J connectivity index is 0.00000242. The lowest BCUT2D eigenvalue weighted by Crippen LogP contribution is -2.39. The van der Waals surface area contributed by atoms with E-state index in [9.17, 15) is 21.6 Å². The van der Waals surface area contributed by atoms with Crippen LogP contribution in [0.1, 0.15) is 18.4 Å². The van der Waals surface area contributed by atoms with E-state index in [1.54, 1.807) is 0 Å². The van der Waals surface area contributed by atoms with Gasteiger partial charge < -0.3 is 5.73 Å². The van der Waals surface area contributed by atoms with Crippen LogP contribution < -0.4 is 5.73 Å². The van der Waals surface area contributed by atoms with Gasteiger partial charge in [-0.2, -0.15) is 17.5 Å². The van der Waals surface area contributed by atoms with Crippen molar-refractivity contribution in [1.82, 2.24) is 4.31 Å². The Morgan fingerprint density at radius 1 is 1.32 bits per heavy atom. The molecule has 1 unspecified atom stereocenters. The molecule has 1 aromatic carbocycles. The number of sulfonamides is 1. The van der Waals surface area contributed by atoms with E-state index in [1.807, 2.05) is 0 Å². The fourth-order valence-electron chi connectivity index (χ4n) is 2.37. The van der Waals surface area contributed by atoms with Gasteiger partial charge in [0.15, 0.2) is 0 Å². The van der Waals surface area contributed by atoms with Crippen molar-refractivity contribution in [2.75, 3.05) is 13.1 Å². The molecule has 22 heavy (non-hydrogen) atoms. The second-order valence-corrected chi connectivity index (χ2v) is 7.63. The summed E-state index contributed by atoms with van der Waals surface area (Å²) in [5.41, 5.74) is 4.53. The van der Waals surface area contributed by atoms with E-state index in [0.717, 1.165) is 6.07 Å². The van der Waals surface area contributed by atoms with Crippen molar-refractivity contribution in [3.8, 4) is 0 Å². The summed E-state index contributed by atoms with van der Waals surface area (Å²) >= 11 is 2.93. The number of benzene rings is 1. The number of nitrogens with two attached hydrogens (primary N) is 1. The molecule has 1 fully saturated rings. The molecule has 126 valence electrons. The summed E-state index contributed by atoms with van der Waals surface area (Å²) in [6, 6.07) is 2.33. The van der Waals surface area contributed by atoms with Gasteiger partial charge in [-0.05, 0) is 31.0 Å². The minimum absolute atomic E-state index is 0. The van der Waals surface area contributed by atoms with Crippen molar-refractivity contribution in [3.63, 3.8) is 0 Å². The largest absolute Gasteiger partial charge is 0.416 e. The summed E-state index contributed by atoms with van der Waals surface area (Å²) in [5, 5.41) is 0. The Hall–Kier alpha value is -0.350. The predicted octanol–water partition coefficient (Wildman–Crippen LogP) is 3.00. The van der Waals surface area contributed by atoms with Crippen LogP contribution in [0.2, 0.25) is 0 Å². The maximum atomic E-state index is 12.8. The first kappa shape index (κ1) is 19.7. The smallest absolute Gasteiger partial charge is 0.329 e. The summed E-state index contributed by atoms with van der Waals surface area (Å²) < 4.78 is 64.7. The Morgan fingerprint density at radius 3 is 2.50 bits per heavy atom. The number of hydrogen-bond donors (Lipinski definition) is 1. The second kappa shape index (κ2) is 7.04. The van der Waals surface area contributed by atoms with Crippen LogP contribution in [0.5, 0.6) is 0 Å². The monoisotopic (exact) mass is 422 g/mol. The highest BCUT2D eigenvalue weighted by Crippen LogP contribution is 2.35. The average Bonchev–Trinajstić information content (AvgIpc) is 2.85. The first-order valence-electron chi connectivity index (χ1n) is 6.26. The average molecular weight is 424 g/mol. The van der Waals surface area contributed by atoms with E-state index in [1.165, 1.54) is 10.4 Å². The van der Waals surface area contributed by atoms with Crippen molar-refractivity contribution in [2.45, 2.75) is 30.0 Å². The lowest BCUT2D eigenvalue weighted by Gasteiger charge is -2.23. The molecule has 1 aliphatic heterocycles.